The Kier molecular flexibility index (Phi) is 4.76. The van der Waals surface area contributed by atoms with Crippen LogP contribution in [0.2, 0.25) is 0 Å². The zero-order chi connectivity index (χ0) is 18.1. The first-order valence-corrected chi connectivity index (χ1v) is 10.1. The standard InChI is InChI=1S/C20H23N3O2S/c1-14-2-4-15(5-3-14)8-19(24)22-9-16-6-7-18(11-22)23(20(16)25)10-17-12-26-13-21-17/h2-5,12-13,16,18H,6-11H2,1H3/t16-,18+/m0/s1. The summed E-state index contributed by atoms with van der Waals surface area (Å²) in [6, 6.07) is 8.20. The van der Waals surface area contributed by atoms with Gasteiger partial charge in [0.05, 0.1) is 30.1 Å². The van der Waals surface area contributed by atoms with Crippen molar-refractivity contribution in [2.75, 3.05) is 13.1 Å². The highest BCUT2D eigenvalue weighted by molar-refractivity contribution is 7.07. The van der Waals surface area contributed by atoms with Crippen LogP contribution in [0.15, 0.2) is 35.2 Å². The number of hydrogen-bond donors (Lipinski definition) is 0. The molecule has 2 atom stereocenters. The molecule has 2 bridgehead atoms. The van der Waals surface area contributed by atoms with E-state index in [2.05, 4.69) is 4.98 Å². The summed E-state index contributed by atoms with van der Waals surface area (Å²) in [6.07, 6.45) is 2.25. The van der Waals surface area contributed by atoms with Gasteiger partial charge in [0.25, 0.3) is 0 Å². The van der Waals surface area contributed by atoms with Crippen LogP contribution in [0.1, 0.15) is 29.7 Å². The highest BCUT2D eigenvalue weighted by atomic mass is 32.1. The molecular formula is C20H23N3O2S. The molecule has 0 aliphatic carbocycles. The van der Waals surface area contributed by atoms with E-state index < -0.39 is 0 Å². The van der Waals surface area contributed by atoms with Gasteiger partial charge in [-0.25, -0.2) is 4.98 Å². The fourth-order valence-corrected chi connectivity index (χ4v) is 4.48. The average Bonchev–Trinajstić information content (AvgIpc) is 2.99. The maximum absolute atomic E-state index is 12.9. The average molecular weight is 369 g/mol. The van der Waals surface area contributed by atoms with E-state index in [1.165, 1.54) is 5.56 Å². The van der Waals surface area contributed by atoms with Crippen molar-refractivity contribution in [2.45, 2.75) is 38.8 Å². The number of fused-ring (bicyclic) bond motifs is 4. The summed E-state index contributed by atoms with van der Waals surface area (Å²) in [5.74, 6) is 0.225. The first-order chi connectivity index (χ1) is 12.6. The number of thiazole rings is 1. The van der Waals surface area contributed by atoms with Gasteiger partial charge in [0, 0.05) is 24.5 Å². The Morgan fingerprint density at radius 2 is 2.04 bits per heavy atom. The van der Waals surface area contributed by atoms with Crippen molar-refractivity contribution >= 4 is 23.2 Å². The number of piperidine rings is 1. The minimum Gasteiger partial charge on any atom is -0.340 e. The summed E-state index contributed by atoms with van der Waals surface area (Å²) in [6.45, 7) is 3.79. The Morgan fingerprint density at radius 3 is 2.77 bits per heavy atom. The summed E-state index contributed by atoms with van der Waals surface area (Å²) < 4.78 is 0. The zero-order valence-electron chi connectivity index (χ0n) is 14.9. The molecule has 0 N–H and O–H groups in total. The number of carbonyl (C=O) groups excluding carboxylic acids is 2. The first-order valence-electron chi connectivity index (χ1n) is 9.11. The van der Waals surface area contributed by atoms with Crippen LogP contribution in [-0.4, -0.2) is 45.7 Å². The minimum atomic E-state index is -0.0747. The predicted octanol–water partition coefficient (Wildman–Crippen LogP) is 2.64. The Morgan fingerprint density at radius 1 is 1.23 bits per heavy atom. The molecule has 1 aromatic heterocycles. The third-order valence-electron chi connectivity index (χ3n) is 5.44. The van der Waals surface area contributed by atoms with Crippen molar-refractivity contribution in [1.29, 1.82) is 0 Å². The molecule has 5 nitrogen and oxygen atoms in total. The summed E-state index contributed by atoms with van der Waals surface area (Å²) >= 11 is 1.55. The number of aryl methyl sites for hydroxylation is 1. The number of amides is 2. The van der Waals surface area contributed by atoms with Gasteiger partial charge in [-0.05, 0) is 25.3 Å². The molecule has 26 heavy (non-hydrogen) atoms. The predicted molar refractivity (Wildman–Crippen MR) is 101 cm³/mol. The molecule has 3 aliphatic heterocycles. The molecule has 0 radical (unpaired) electrons. The summed E-state index contributed by atoms with van der Waals surface area (Å²) in [4.78, 5) is 33.9. The second-order valence-electron chi connectivity index (χ2n) is 7.34. The lowest BCUT2D eigenvalue weighted by Gasteiger charge is -2.35. The van der Waals surface area contributed by atoms with E-state index in [4.69, 9.17) is 0 Å². The van der Waals surface area contributed by atoms with Crippen molar-refractivity contribution < 1.29 is 9.59 Å². The van der Waals surface area contributed by atoms with Gasteiger partial charge >= 0.3 is 0 Å². The molecule has 1 aromatic carbocycles. The molecule has 2 aromatic rings. The number of rotatable bonds is 4. The lowest BCUT2D eigenvalue weighted by atomic mass is 9.94. The third-order valence-corrected chi connectivity index (χ3v) is 6.07. The molecule has 3 aliphatic rings. The fraction of sp³-hybridized carbons (Fsp3) is 0.450. The van der Waals surface area contributed by atoms with E-state index >= 15 is 0 Å². The molecule has 4 heterocycles. The van der Waals surface area contributed by atoms with Gasteiger partial charge in [-0.1, -0.05) is 29.8 Å². The Bertz CT molecular complexity index is 788. The molecule has 0 spiro atoms. The molecular weight excluding hydrogens is 346 g/mol. The number of carbonyl (C=O) groups is 2. The van der Waals surface area contributed by atoms with E-state index in [-0.39, 0.29) is 23.8 Å². The second kappa shape index (κ2) is 7.19. The number of hydrogen-bond acceptors (Lipinski definition) is 4. The summed E-state index contributed by atoms with van der Waals surface area (Å²) in [7, 11) is 0. The number of nitrogens with zero attached hydrogens (tertiary/aromatic N) is 3. The van der Waals surface area contributed by atoms with Crippen LogP contribution in [0.4, 0.5) is 0 Å². The molecule has 2 amide bonds. The van der Waals surface area contributed by atoms with Crippen LogP contribution in [0.3, 0.4) is 0 Å². The Labute approximate surface area is 157 Å². The van der Waals surface area contributed by atoms with E-state index in [0.29, 0.717) is 26.1 Å². The topological polar surface area (TPSA) is 53.5 Å². The fourth-order valence-electron chi connectivity index (χ4n) is 3.93. The maximum atomic E-state index is 12.9. The highest BCUT2D eigenvalue weighted by Crippen LogP contribution is 2.30. The van der Waals surface area contributed by atoms with Gasteiger partial charge in [0.2, 0.25) is 11.8 Å². The van der Waals surface area contributed by atoms with Crippen molar-refractivity contribution in [1.82, 2.24) is 14.8 Å². The number of aromatic nitrogens is 1. The SMILES string of the molecule is Cc1ccc(CC(=O)N2C[C@@H]3CC[C@H](C2)N(Cc2cscn2)C3=O)cc1. The summed E-state index contributed by atoms with van der Waals surface area (Å²) in [5.41, 5.74) is 4.96. The molecule has 6 heteroatoms. The van der Waals surface area contributed by atoms with Crippen LogP contribution in [0.25, 0.3) is 0 Å². The van der Waals surface area contributed by atoms with Gasteiger partial charge in [-0.2, -0.15) is 0 Å². The normalized spacial score (nSPS) is 22.6. The maximum Gasteiger partial charge on any atom is 0.228 e. The monoisotopic (exact) mass is 369 g/mol. The smallest absolute Gasteiger partial charge is 0.228 e. The second-order valence-corrected chi connectivity index (χ2v) is 8.05. The quantitative estimate of drug-likeness (QED) is 0.833. The minimum absolute atomic E-state index is 0.0747. The van der Waals surface area contributed by atoms with Crippen LogP contribution in [-0.2, 0) is 22.6 Å². The van der Waals surface area contributed by atoms with Crippen LogP contribution >= 0.6 is 11.3 Å². The van der Waals surface area contributed by atoms with Crippen molar-refractivity contribution in [3.8, 4) is 0 Å². The summed E-state index contributed by atoms with van der Waals surface area (Å²) in [5, 5.41) is 1.99. The van der Waals surface area contributed by atoms with Gasteiger partial charge < -0.3 is 9.80 Å². The number of benzene rings is 1. The van der Waals surface area contributed by atoms with Gasteiger partial charge in [-0.15, -0.1) is 11.3 Å². The van der Waals surface area contributed by atoms with E-state index in [1.54, 1.807) is 16.8 Å². The molecule has 136 valence electrons. The molecule has 3 saturated heterocycles. The third kappa shape index (κ3) is 3.51. The molecule has 0 saturated carbocycles. The van der Waals surface area contributed by atoms with Crippen LogP contribution < -0.4 is 0 Å². The van der Waals surface area contributed by atoms with Crippen molar-refractivity contribution in [2.24, 2.45) is 5.92 Å². The molecule has 5 rings (SSSR count). The van der Waals surface area contributed by atoms with Crippen LogP contribution in [0.5, 0.6) is 0 Å². The largest absolute Gasteiger partial charge is 0.340 e. The van der Waals surface area contributed by atoms with Crippen LogP contribution in [0, 0.1) is 12.8 Å². The highest BCUT2D eigenvalue weighted by Gasteiger charge is 2.41. The van der Waals surface area contributed by atoms with Crippen molar-refractivity contribution in [3.05, 3.63) is 52.0 Å². The Hall–Kier alpha value is -2.21. The van der Waals surface area contributed by atoms with E-state index in [1.807, 2.05) is 46.4 Å². The lowest BCUT2D eigenvalue weighted by molar-refractivity contribution is -0.140. The lowest BCUT2D eigenvalue weighted by Crippen LogP contribution is -2.47. The first kappa shape index (κ1) is 17.2. The van der Waals surface area contributed by atoms with E-state index in [0.717, 1.165) is 24.1 Å². The van der Waals surface area contributed by atoms with Gasteiger partial charge in [-0.3, -0.25) is 9.59 Å². The van der Waals surface area contributed by atoms with Gasteiger partial charge in [0.15, 0.2) is 0 Å². The zero-order valence-corrected chi connectivity index (χ0v) is 15.7. The Balaban J connectivity index is 1.47. The van der Waals surface area contributed by atoms with Crippen molar-refractivity contribution in [3.63, 3.8) is 0 Å². The van der Waals surface area contributed by atoms with Gasteiger partial charge in [0.1, 0.15) is 0 Å². The molecule has 3 fully saturated rings. The van der Waals surface area contributed by atoms with E-state index in [9.17, 15) is 9.59 Å². The molecule has 0 unspecified atom stereocenters.